The zero-order chi connectivity index (χ0) is 15.6. The van der Waals surface area contributed by atoms with Crippen LogP contribution in [-0.4, -0.2) is 26.6 Å². The second kappa shape index (κ2) is 6.28. The standard InChI is InChI=1S/C13H13ClN4O2S/c1-6(2)11-15-4-8(14)10(17-11)12(20)18-13-16-9(5-21-13)7(3)19/h4-6H,1-3H3,(H,16,18,20). The Kier molecular flexibility index (Phi) is 4.64. The van der Waals surface area contributed by atoms with Gasteiger partial charge < -0.3 is 0 Å². The highest BCUT2D eigenvalue weighted by atomic mass is 35.5. The molecule has 0 bridgehead atoms. The van der Waals surface area contributed by atoms with Gasteiger partial charge in [-0.05, 0) is 0 Å². The Morgan fingerprint density at radius 1 is 1.33 bits per heavy atom. The molecule has 8 heteroatoms. The summed E-state index contributed by atoms with van der Waals surface area (Å²) >= 11 is 7.13. The number of hydrogen-bond donors (Lipinski definition) is 1. The van der Waals surface area contributed by atoms with E-state index in [0.717, 1.165) is 0 Å². The van der Waals surface area contributed by atoms with E-state index in [9.17, 15) is 9.59 Å². The summed E-state index contributed by atoms with van der Waals surface area (Å²) in [5, 5.41) is 4.66. The Morgan fingerprint density at radius 2 is 2.05 bits per heavy atom. The van der Waals surface area contributed by atoms with Crippen molar-refractivity contribution in [3.05, 3.63) is 33.8 Å². The van der Waals surface area contributed by atoms with Gasteiger partial charge in [0.15, 0.2) is 16.6 Å². The van der Waals surface area contributed by atoms with Crippen LogP contribution in [0.25, 0.3) is 0 Å². The normalized spacial score (nSPS) is 10.7. The van der Waals surface area contributed by atoms with Crippen LogP contribution in [0.15, 0.2) is 11.6 Å². The Morgan fingerprint density at radius 3 is 2.62 bits per heavy atom. The van der Waals surface area contributed by atoms with E-state index in [1.54, 1.807) is 5.38 Å². The number of Topliss-reactive ketones (excluding diaryl/α,β-unsaturated/α-hetero) is 1. The van der Waals surface area contributed by atoms with Crippen molar-refractivity contribution in [3.63, 3.8) is 0 Å². The van der Waals surface area contributed by atoms with Gasteiger partial charge in [-0.3, -0.25) is 14.9 Å². The predicted octanol–water partition coefficient (Wildman–Crippen LogP) is 3.16. The fourth-order valence-electron chi connectivity index (χ4n) is 1.47. The molecule has 2 aromatic heterocycles. The molecule has 0 aliphatic heterocycles. The van der Waals surface area contributed by atoms with Crippen molar-refractivity contribution >= 4 is 39.8 Å². The molecule has 21 heavy (non-hydrogen) atoms. The van der Waals surface area contributed by atoms with Gasteiger partial charge in [-0.25, -0.2) is 15.0 Å². The van der Waals surface area contributed by atoms with Gasteiger partial charge in [-0.2, -0.15) is 0 Å². The number of thiazole rings is 1. The molecule has 0 aliphatic rings. The predicted molar refractivity (Wildman–Crippen MR) is 81.2 cm³/mol. The minimum absolute atomic E-state index is 0.0815. The van der Waals surface area contributed by atoms with Gasteiger partial charge in [0.05, 0.1) is 11.2 Å². The lowest BCUT2D eigenvalue weighted by Gasteiger charge is -2.07. The van der Waals surface area contributed by atoms with Gasteiger partial charge in [-0.15, -0.1) is 11.3 Å². The number of halogens is 1. The molecule has 1 amide bonds. The van der Waals surface area contributed by atoms with Crippen LogP contribution in [0.1, 0.15) is 53.5 Å². The first-order chi connectivity index (χ1) is 9.88. The molecular formula is C13H13ClN4O2S. The second-order valence-electron chi connectivity index (χ2n) is 4.63. The van der Waals surface area contributed by atoms with Gasteiger partial charge in [-0.1, -0.05) is 25.4 Å². The van der Waals surface area contributed by atoms with E-state index in [0.29, 0.717) is 16.6 Å². The Bertz CT molecular complexity index is 699. The lowest BCUT2D eigenvalue weighted by Crippen LogP contribution is -2.16. The van der Waals surface area contributed by atoms with Gasteiger partial charge >= 0.3 is 0 Å². The van der Waals surface area contributed by atoms with Crippen molar-refractivity contribution in [1.29, 1.82) is 0 Å². The second-order valence-corrected chi connectivity index (χ2v) is 5.89. The highest BCUT2D eigenvalue weighted by Gasteiger charge is 2.17. The van der Waals surface area contributed by atoms with Crippen molar-refractivity contribution < 1.29 is 9.59 Å². The molecule has 0 fully saturated rings. The number of carbonyl (C=O) groups is 2. The van der Waals surface area contributed by atoms with Crippen molar-refractivity contribution in [2.45, 2.75) is 26.7 Å². The number of amides is 1. The van der Waals surface area contributed by atoms with Crippen LogP contribution in [0.2, 0.25) is 5.02 Å². The molecule has 6 nitrogen and oxygen atoms in total. The van der Waals surface area contributed by atoms with E-state index in [1.165, 1.54) is 24.5 Å². The number of carbonyl (C=O) groups excluding carboxylic acids is 2. The Labute approximate surface area is 130 Å². The van der Waals surface area contributed by atoms with Crippen LogP contribution in [0.5, 0.6) is 0 Å². The molecule has 0 radical (unpaired) electrons. The van der Waals surface area contributed by atoms with Crippen molar-refractivity contribution in [1.82, 2.24) is 15.0 Å². The summed E-state index contributed by atoms with van der Waals surface area (Å²) in [6, 6.07) is 0. The number of rotatable bonds is 4. The summed E-state index contributed by atoms with van der Waals surface area (Å²) in [6.07, 6.45) is 1.40. The maximum absolute atomic E-state index is 12.2. The third-order valence-corrected chi connectivity index (χ3v) is 3.61. The summed E-state index contributed by atoms with van der Waals surface area (Å²) in [5.41, 5.74) is 0.405. The first-order valence-corrected chi connectivity index (χ1v) is 7.44. The molecule has 0 unspecified atom stereocenters. The lowest BCUT2D eigenvalue weighted by atomic mass is 10.2. The van der Waals surface area contributed by atoms with E-state index in [-0.39, 0.29) is 22.4 Å². The topological polar surface area (TPSA) is 84.8 Å². The molecule has 0 saturated heterocycles. The van der Waals surface area contributed by atoms with Crippen LogP contribution >= 0.6 is 22.9 Å². The maximum Gasteiger partial charge on any atom is 0.277 e. The first kappa shape index (κ1) is 15.5. The Balaban J connectivity index is 2.23. The summed E-state index contributed by atoms with van der Waals surface area (Å²) < 4.78 is 0. The average molecular weight is 325 g/mol. The third kappa shape index (κ3) is 3.62. The minimum Gasteiger partial charge on any atom is -0.296 e. The van der Waals surface area contributed by atoms with E-state index < -0.39 is 5.91 Å². The fourth-order valence-corrected chi connectivity index (χ4v) is 2.39. The van der Waals surface area contributed by atoms with E-state index in [1.807, 2.05) is 13.8 Å². The van der Waals surface area contributed by atoms with Crippen LogP contribution in [0.4, 0.5) is 5.13 Å². The zero-order valence-corrected chi connectivity index (χ0v) is 13.2. The quantitative estimate of drug-likeness (QED) is 0.873. The van der Waals surface area contributed by atoms with Gasteiger partial charge in [0.2, 0.25) is 0 Å². The van der Waals surface area contributed by atoms with E-state index in [2.05, 4.69) is 20.3 Å². The number of hydrogen-bond acceptors (Lipinski definition) is 6. The smallest absolute Gasteiger partial charge is 0.277 e. The molecule has 0 saturated carbocycles. The summed E-state index contributed by atoms with van der Waals surface area (Å²) in [4.78, 5) is 35.6. The number of ketones is 1. The average Bonchev–Trinajstić information content (AvgIpc) is 2.87. The molecule has 0 aromatic carbocycles. The maximum atomic E-state index is 12.2. The molecule has 1 N–H and O–H groups in total. The van der Waals surface area contributed by atoms with Gasteiger partial charge in [0.25, 0.3) is 5.91 Å². The molecule has 0 spiro atoms. The molecule has 110 valence electrons. The fraction of sp³-hybridized carbons (Fsp3) is 0.308. The van der Waals surface area contributed by atoms with Crippen LogP contribution in [0, 0.1) is 0 Å². The molecule has 0 aliphatic carbocycles. The number of anilines is 1. The van der Waals surface area contributed by atoms with Crippen molar-refractivity contribution in [3.8, 4) is 0 Å². The van der Waals surface area contributed by atoms with Crippen LogP contribution < -0.4 is 5.32 Å². The number of nitrogens with zero attached hydrogens (tertiary/aromatic N) is 3. The molecule has 0 atom stereocenters. The van der Waals surface area contributed by atoms with E-state index >= 15 is 0 Å². The monoisotopic (exact) mass is 324 g/mol. The van der Waals surface area contributed by atoms with Crippen molar-refractivity contribution in [2.75, 3.05) is 5.32 Å². The van der Waals surface area contributed by atoms with Crippen LogP contribution in [0.3, 0.4) is 0 Å². The number of nitrogens with one attached hydrogen (secondary N) is 1. The largest absolute Gasteiger partial charge is 0.296 e. The SMILES string of the molecule is CC(=O)c1csc(NC(=O)c2nc(C(C)C)ncc2Cl)n1. The summed E-state index contributed by atoms with van der Waals surface area (Å²) in [6.45, 7) is 5.26. The highest BCUT2D eigenvalue weighted by Crippen LogP contribution is 2.20. The molecular weight excluding hydrogens is 312 g/mol. The molecule has 2 rings (SSSR count). The van der Waals surface area contributed by atoms with Crippen molar-refractivity contribution in [2.24, 2.45) is 0 Å². The molecule has 2 aromatic rings. The van der Waals surface area contributed by atoms with Gasteiger partial charge in [0, 0.05) is 18.2 Å². The lowest BCUT2D eigenvalue weighted by molar-refractivity contribution is 0.100. The highest BCUT2D eigenvalue weighted by molar-refractivity contribution is 7.14. The number of aromatic nitrogens is 3. The van der Waals surface area contributed by atoms with Gasteiger partial charge in [0.1, 0.15) is 11.5 Å². The van der Waals surface area contributed by atoms with Crippen LogP contribution in [-0.2, 0) is 0 Å². The summed E-state index contributed by atoms with van der Waals surface area (Å²) in [7, 11) is 0. The summed E-state index contributed by atoms with van der Waals surface area (Å²) in [5.74, 6) is -0.0197. The molecule has 2 heterocycles. The zero-order valence-electron chi connectivity index (χ0n) is 11.7. The Hall–Kier alpha value is -1.86. The minimum atomic E-state index is -0.478. The van der Waals surface area contributed by atoms with E-state index in [4.69, 9.17) is 11.6 Å². The first-order valence-electron chi connectivity index (χ1n) is 6.18. The third-order valence-electron chi connectivity index (χ3n) is 2.58.